The van der Waals surface area contributed by atoms with Gasteiger partial charge in [-0.15, -0.1) is 0 Å². The number of amides is 3. The fourth-order valence-electron chi connectivity index (χ4n) is 1.62. The Morgan fingerprint density at radius 3 is 2.23 bits per heavy atom. The highest BCUT2D eigenvalue weighted by molar-refractivity contribution is 6.04. The molecule has 0 spiro atoms. The second kappa shape index (κ2) is 3.77. The van der Waals surface area contributed by atoms with E-state index in [9.17, 15) is 9.59 Å². The molecule has 1 N–H and O–H groups in total. The minimum Gasteiger partial charge on any atom is -0.326 e. The number of nitrogens with zero attached hydrogens (tertiary/aromatic N) is 1. The lowest BCUT2D eigenvalue weighted by atomic mass is 10.1. The Morgan fingerprint density at radius 2 is 1.92 bits per heavy atom. The molecule has 13 heavy (non-hydrogen) atoms. The quantitative estimate of drug-likeness (QED) is 0.668. The number of nitrogens with one attached hydrogen (secondary N) is 1. The Balaban J connectivity index is 2.78. The van der Waals surface area contributed by atoms with Crippen molar-refractivity contribution in [3.63, 3.8) is 0 Å². The predicted octanol–water partition coefficient (Wildman–Crippen LogP) is 1.12. The number of hydrogen-bond acceptors (Lipinski definition) is 2. The Labute approximate surface area is 78.3 Å². The zero-order valence-corrected chi connectivity index (χ0v) is 8.33. The van der Waals surface area contributed by atoms with Gasteiger partial charge in [0.15, 0.2) is 0 Å². The molecule has 1 saturated heterocycles. The molecule has 0 radical (unpaired) electrons. The van der Waals surface area contributed by atoms with Crippen LogP contribution in [0.15, 0.2) is 0 Å². The van der Waals surface area contributed by atoms with E-state index in [0.717, 1.165) is 12.8 Å². The lowest BCUT2D eigenvalue weighted by Gasteiger charge is -2.22. The third-order valence-electron chi connectivity index (χ3n) is 2.47. The number of carbonyl (C=O) groups is 2. The van der Waals surface area contributed by atoms with E-state index in [1.807, 2.05) is 13.8 Å². The van der Waals surface area contributed by atoms with Crippen molar-refractivity contribution in [3.05, 3.63) is 0 Å². The Kier molecular flexibility index (Phi) is 2.90. The van der Waals surface area contributed by atoms with E-state index in [2.05, 4.69) is 5.32 Å². The number of carbonyl (C=O) groups excluding carboxylic acids is 2. The lowest BCUT2D eigenvalue weighted by molar-refractivity contribution is -0.128. The zero-order chi connectivity index (χ0) is 10.0. The summed E-state index contributed by atoms with van der Waals surface area (Å²) >= 11 is 0. The van der Waals surface area contributed by atoms with Crippen molar-refractivity contribution in [2.24, 2.45) is 0 Å². The summed E-state index contributed by atoms with van der Waals surface area (Å²) in [4.78, 5) is 24.2. The first-order valence-corrected chi connectivity index (χ1v) is 4.75. The molecule has 1 atom stereocenters. The normalized spacial score (nSPS) is 22.8. The third kappa shape index (κ3) is 1.66. The largest absolute Gasteiger partial charge is 0.326 e. The molecule has 0 aliphatic carbocycles. The van der Waals surface area contributed by atoms with Gasteiger partial charge in [0.2, 0.25) is 0 Å². The van der Waals surface area contributed by atoms with Gasteiger partial charge >= 0.3 is 6.03 Å². The van der Waals surface area contributed by atoms with Crippen LogP contribution in [-0.4, -0.2) is 28.9 Å². The van der Waals surface area contributed by atoms with Crippen LogP contribution in [0.4, 0.5) is 4.79 Å². The van der Waals surface area contributed by atoms with Gasteiger partial charge in [-0.2, -0.15) is 0 Å². The van der Waals surface area contributed by atoms with Crippen molar-refractivity contribution < 1.29 is 9.59 Å². The van der Waals surface area contributed by atoms with E-state index in [1.165, 1.54) is 4.90 Å². The molecule has 1 fully saturated rings. The smallest absolute Gasteiger partial charge is 0.325 e. The molecule has 1 aliphatic heterocycles. The van der Waals surface area contributed by atoms with Crippen LogP contribution in [0.1, 0.15) is 33.6 Å². The molecular weight excluding hydrogens is 168 g/mol. The summed E-state index contributed by atoms with van der Waals surface area (Å²) in [7, 11) is 0. The molecule has 3 amide bonds. The van der Waals surface area contributed by atoms with Crippen molar-refractivity contribution in [1.29, 1.82) is 0 Å². The molecule has 4 heteroatoms. The summed E-state index contributed by atoms with van der Waals surface area (Å²) in [6.45, 7) is 5.68. The van der Waals surface area contributed by atoms with Gasteiger partial charge in [-0.25, -0.2) is 4.79 Å². The molecule has 1 aliphatic rings. The van der Waals surface area contributed by atoms with Crippen LogP contribution in [0.3, 0.4) is 0 Å². The van der Waals surface area contributed by atoms with Crippen molar-refractivity contribution >= 4 is 11.9 Å². The van der Waals surface area contributed by atoms with E-state index < -0.39 is 0 Å². The number of hydrogen-bond donors (Lipinski definition) is 1. The predicted molar refractivity (Wildman–Crippen MR) is 49.2 cm³/mol. The van der Waals surface area contributed by atoms with Crippen molar-refractivity contribution in [2.75, 3.05) is 0 Å². The Hall–Kier alpha value is -1.06. The molecule has 0 bridgehead atoms. The highest BCUT2D eigenvalue weighted by Gasteiger charge is 2.38. The van der Waals surface area contributed by atoms with Crippen LogP contribution >= 0.6 is 0 Å². The van der Waals surface area contributed by atoms with Gasteiger partial charge in [0.25, 0.3) is 5.91 Å². The maximum atomic E-state index is 11.5. The number of imide groups is 1. The van der Waals surface area contributed by atoms with Gasteiger partial charge in [-0.05, 0) is 19.8 Å². The van der Waals surface area contributed by atoms with Crippen molar-refractivity contribution in [1.82, 2.24) is 10.2 Å². The van der Waals surface area contributed by atoms with E-state index in [-0.39, 0.29) is 24.0 Å². The second-order valence-electron chi connectivity index (χ2n) is 3.35. The second-order valence-corrected chi connectivity index (χ2v) is 3.35. The topological polar surface area (TPSA) is 49.4 Å². The molecule has 0 aromatic carbocycles. The van der Waals surface area contributed by atoms with Crippen LogP contribution in [0.5, 0.6) is 0 Å². The Morgan fingerprint density at radius 1 is 1.38 bits per heavy atom. The molecule has 0 aromatic rings. The van der Waals surface area contributed by atoms with Crippen LogP contribution in [-0.2, 0) is 4.79 Å². The van der Waals surface area contributed by atoms with Gasteiger partial charge in [0.1, 0.15) is 6.04 Å². The average molecular weight is 184 g/mol. The molecule has 4 nitrogen and oxygen atoms in total. The molecule has 74 valence electrons. The SMILES string of the molecule is CCC(CC)N1C(=O)N[C@@H](C)C1=O. The lowest BCUT2D eigenvalue weighted by Crippen LogP contribution is -2.40. The minimum atomic E-state index is -0.354. The van der Waals surface area contributed by atoms with E-state index in [1.54, 1.807) is 6.92 Å². The van der Waals surface area contributed by atoms with Crippen LogP contribution < -0.4 is 5.32 Å². The molecule has 0 saturated carbocycles. The molecule has 0 aromatic heterocycles. The average Bonchev–Trinajstić information content (AvgIpc) is 2.34. The summed E-state index contributed by atoms with van der Waals surface area (Å²) in [5.74, 6) is -0.0984. The zero-order valence-electron chi connectivity index (χ0n) is 8.33. The molecule has 1 heterocycles. The van der Waals surface area contributed by atoms with Gasteiger partial charge in [-0.1, -0.05) is 13.8 Å². The van der Waals surface area contributed by atoms with E-state index >= 15 is 0 Å². The van der Waals surface area contributed by atoms with E-state index in [0.29, 0.717) is 0 Å². The van der Waals surface area contributed by atoms with Crippen LogP contribution in [0.2, 0.25) is 0 Å². The first-order valence-electron chi connectivity index (χ1n) is 4.75. The third-order valence-corrected chi connectivity index (χ3v) is 2.47. The molecule has 0 unspecified atom stereocenters. The van der Waals surface area contributed by atoms with Gasteiger partial charge < -0.3 is 5.32 Å². The maximum absolute atomic E-state index is 11.5. The standard InChI is InChI=1S/C9H16N2O2/c1-4-7(5-2)11-8(12)6(3)10-9(11)13/h6-7H,4-5H2,1-3H3,(H,10,13)/t6-/m0/s1. The maximum Gasteiger partial charge on any atom is 0.325 e. The summed E-state index contributed by atoms with van der Waals surface area (Å²) in [5.41, 5.74) is 0. The minimum absolute atomic E-state index is 0.0532. The van der Waals surface area contributed by atoms with Gasteiger partial charge in [0, 0.05) is 6.04 Å². The summed E-state index contributed by atoms with van der Waals surface area (Å²) in [5, 5.41) is 2.60. The monoisotopic (exact) mass is 184 g/mol. The van der Waals surface area contributed by atoms with Crippen molar-refractivity contribution in [3.8, 4) is 0 Å². The highest BCUT2D eigenvalue weighted by atomic mass is 16.2. The number of rotatable bonds is 3. The first kappa shape index (κ1) is 10.0. The molecular formula is C9H16N2O2. The van der Waals surface area contributed by atoms with Gasteiger partial charge in [-0.3, -0.25) is 9.69 Å². The van der Waals surface area contributed by atoms with Crippen LogP contribution in [0, 0.1) is 0 Å². The Bertz CT molecular complexity index is 224. The fourth-order valence-corrected chi connectivity index (χ4v) is 1.62. The molecule has 1 rings (SSSR count). The fraction of sp³-hybridized carbons (Fsp3) is 0.778. The first-order chi connectivity index (χ1) is 6.11. The summed E-state index contributed by atoms with van der Waals surface area (Å²) in [6.07, 6.45) is 1.64. The van der Waals surface area contributed by atoms with E-state index in [4.69, 9.17) is 0 Å². The summed E-state index contributed by atoms with van der Waals surface area (Å²) < 4.78 is 0. The highest BCUT2D eigenvalue weighted by Crippen LogP contribution is 2.15. The van der Waals surface area contributed by atoms with Crippen LogP contribution in [0.25, 0.3) is 0 Å². The summed E-state index contributed by atoms with van der Waals surface area (Å²) in [6, 6.07) is -0.545. The van der Waals surface area contributed by atoms with Crippen molar-refractivity contribution in [2.45, 2.75) is 45.7 Å². The van der Waals surface area contributed by atoms with Gasteiger partial charge in [0.05, 0.1) is 0 Å². The number of urea groups is 1.